The number of hydrogen-bond acceptors (Lipinski definition) is 5. The third kappa shape index (κ3) is 5.26. The fraction of sp³-hybridized carbons (Fsp3) is 0.308. The molecule has 0 aromatic heterocycles. The van der Waals surface area contributed by atoms with E-state index in [0.29, 0.717) is 23.6 Å². The Bertz CT molecular complexity index is 1060. The molecule has 0 bridgehead atoms. The number of urea groups is 1. The Hall–Kier alpha value is -3.58. The van der Waals surface area contributed by atoms with Gasteiger partial charge in [0.1, 0.15) is 5.75 Å². The van der Waals surface area contributed by atoms with E-state index in [4.69, 9.17) is 9.47 Å². The molecule has 2 aromatic carbocycles. The van der Waals surface area contributed by atoms with Gasteiger partial charge in [0, 0.05) is 25.3 Å². The standard InChI is InChI=1S/C26H29N3O4/c1-3-33-25(30)23-22(17-29-15-13-19(14-16-29)18-7-5-4-6-8-18)27-26(31)28-24(23)20-9-11-21(32-2)12-10-20/h4-13,24H,3,14-17H2,1-2H3,(H2,27,28,31)/t24-/m0/s1. The molecular formula is C26H29N3O4. The molecule has 33 heavy (non-hydrogen) atoms. The van der Waals surface area contributed by atoms with Gasteiger partial charge in [-0.2, -0.15) is 0 Å². The first-order valence-electron chi connectivity index (χ1n) is 11.2. The van der Waals surface area contributed by atoms with Crippen molar-refractivity contribution in [3.63, 3.8) is 0 Å². The first-order chi connectivity index (χ1) is 16.1. The fourth-order valence-corrected chi connectivity index (χ4v) is 4.23. The zero-order valence-corrected chi connectivity index (χ0v) is 19.0. The van der Waals surface area contributed by atoms with Crippen molar-refractivity contribution in [1.29, 1.82) is 0 Å². The molecule has 2 amide bonds. The Morgan fingerprint density at radius 2 is 1.88 bits per heavy atom. The molecular weight excluding hydrogens is 418 g/mol. The molecule has 1 atom stereocenters. The summed E-state index contributed by atoms with van der Waals surface area (Å²) < 4.78 is 10.6. The second-order valence-corrected chi connectivity index (χ2v) is 8.00. The van der Waals surface area contributed by atoms with E-state index in [-0.39, 0.29) is 12.6 Å². The molecule has 0 saturated carbocycles. The van der Waals surface area contributed by atoms with Crippen LogP contribution in [0.15, 0.2) is 71.9 Å². The number of amides is 2. The van der Waals surface area contributed by atoms with Gasteiger partial charge in [-0.1, -0.05) is 48.5 Å². The maximum atomic E-state index is 13.0. The van der Waals surface area contributed by atoms with E-state index < -0.39 is 12.0 Å². The van der Waals surface area contributed by atoms with Crippen LogP contribution in [0.3, 0.4) is 0 Å². The molecule has 0 saturated heterocycles. The molecule has 0 aliphatic carbocycles. The Kier molecular flexibility index (Phi) is 7.10. The topological polar surface area (TPSA) is 79.9 Å². The average molecular weight is 448 g/mol. The number of rotatable bonds is 7. The zero-order chi connectivity index (χ0) is 23.2. The number of carbonyl (C=O) groups excluding carboxylic acids is 2. The number of benzene rings is 2. The Morgan fingerprint density at radius 1 is 1.12 bits per heavy atom. The van der Waals surface area contributed by atoms with E-state index >= 15 is 0 Å². The molecule has 0 radical (unpaired) electrons. The Balaban J connectivity index is 1.60. The molecule has 2 aliphatic heterocycles. The average Bonchev–Trinajstić information content (AvgIpc) is 2.85. The molecule has 0 fully saturated rings. The summed E-state index contributed by atoms with van der Waals surface area (Å²) in [5.74, 6) is 0.272. The van der Waals surface area contributed by atoms with Crippen molar-refractivity contribution in [2.75, 3.05) is 33.4 Å². The van der Waals surface area contributed by atoms with Gasteiger partial charge in [-0.05, 0) is 42.2 Å². The molecule has 172 valence electrons. The van der Waals surface area contributed by atoms with E-state index in [9.17, 15) is 9.59 Å². The highest BCUT2D eigenvalue weighted by Crippen LogP contribution is 2.30. The lowest BCUT2D eigenvalue weighted by molar-refractivity contribution is -0.139. The third-order valence-corrected chi connectivity index (χ3v) is 5.92. The molecule has 4 rings (SSSR count). The normalized spacial score (nSPS) is 18.8. The van der Waals surface area contributed by atoms with Gasteiger partial charge >= 0.3 is 12.0 Å². The summed E-state index contributed by atoms with van der Waals surface area (Å²) in [6, 6.07) is 16.7. The Morgan fingerprint density at radius 3 is 2.52 bits per heavy atom. The number of ether oxygens (including phenoxy) is 2. The molecule has 0 unspecified atom stereocenters. The lowest BCUT2D eigenvalue weighted by Crippen LogP contribution is -2.48. The molecule has 2 heterocycles. The number of nitrogens with one attached hydrogen (secondary N) is 2. The van der Waals surface area contributed by atoms with Crippen molar-refractivity contribution in [2.24, 2.45) is 0 Å². The molecule has 7 nitrogen and oxygen atoms in total. The quantitative estimate of drug-likeness (QED) is 0.634. The van der Waals surface area contributed by atoms with E-state index in [2.05, 4.69) is 33.7 Å². The molecule has 2 N–H and O–H groups in total. The van der Waals surface area contributed by atoms with Crippen LogP contribution in [0.2, 0.25) is 0 Å². The number of methoxy groups -OCH3 is 1. The van der Waals surface area contributed by atoms with Crippen LogP contribution in [0, 0.1) is 0 Å². The van der Waals surface area contributed by atoms with Crippen LogP contribution >= 0.6 is 0 Å². The van der Waals surface area contributed by atoms with Gasteiger partial charge < -0.3 is 20.1 Å². The monoisotopic (exact) mass is 447 g/mol. The first-order valence-corrected chi connectivity index (χ1v) is 11.2. The van der Waals surface area contributed by atoms with Crippen molar-refractivity contribution in [3.8, 4) is 5.75 Å². The van der Waals surface area contributed by atoms with Crippen molar-refractivity contribution in [3.05, 3.63) is 83.1 Å². The third-order valence-electron chi connectivity index (χ3n) is 5.92. The number of nitrogens with zero attached hydrogens (tertiary/aromatic N) is 1. The van der Waals surface area contributed by atoms with E-state index in [1.807, 2.05) is 42.5 Å². The van der Waals surface area contributed by atoms with Gasteiger partial charge in [0.2, 0.25) is 0 Å². The highest BCUT2D eigenvalue weighted by Gasteiger charge is 2.34. The van der Waals surface area contributed by atoms with Crippen LogP contribution in [0.1, 0.15) is 30.5 Å². The van der Waals surface area contributed by atoms with Crippen molar-refractivity contribution >= 4 is 17.6 Å². The second-order valence-electron chi connectivity index (χ2n) is 8.00. The molecule has 0 spiro atoms. The molecule has 2 aromatic rings. The van der Waals surface area contributed by atoms with Gasteiger partial charge in [-0.25, -0.2) is 9.59 Å². The minimum atomic E-state index is -0.598. The van der Waals surface area contributed by atoms with Gasteiger partial charge in [-0.15, -0.1) is 0 Å². The van der Waals surface area contributed by atoms with Crippen LogP contribution < -0.4 is 15.4 Å². The zero-order valence-electron chi connectivity index (χ0n) is 19.0. The first kappa shape index (κ1) is 22.6. The van der Waals surface area contributed by atoms with Gasteiger partial charge in [-0.3, -0.25) is 4.90 Å². The van der Waals surface area contributed by atoms with Crippen LogP contribution in [0.25, 0.3) is 5.57 Å². The van der Waals surface area contributed by atoms with Crippen molar-refractivity contribution in [1.82, 2.24) is 15.5 Å². The lowest BCUT2D eigenvalue weighted by atomic mass is 9.94. The van der Waals surface area contributed by atoms with Gasteiger partial charge in [0.25, 0.3) is 0 Å². The molecule has 2 aliphatic rings. The smallest absolute Gasteiger partial charge is 0.338 e. The number of carbonyl (C=O) groups is 2. The minimum absolute atomic E-state index is 0.256. The summed E-state index contributed by atoms with van der Waals surface area (Å²) in [6.07, 6.45) is 3.12. The largest absolute Gasteiger partial charge is 0.497 e. The van der Waals surface area contributed by atoms with E-state index in [1.165, 1.54) is 11.1 Å². The summed E-state index contributed by atoms with van der Waals surface area (Å²) >= 11 is 0. The van der Waals surface area contributed by atoms with Crippen molar-refractivity contribution in [2.45, 2.75) is 19.4 Å². The van der Waals surface area contributed by atoms with Crippen LogP contribution in [0.5, 0.6) is 5.75 Å². The number of esters is 1. The Labute approximate surface area is 194 Å². The predicted octanol–water partition coefficient (Wildman–Crippen LogP) is 3.66. The lowest BCUT2D eigenvalue weighted by Gasteiger charge is -2.33. The summed E-state index contributed by atoms with van der Waals surface area (Å²) in [5, 5.41) is 5.74. The van der Waals surface area contributed by atoms with E-state index in [0.717, 1.165) is 25.1 Å². The second kappa shape index (κ2) is 10.4. The highest BCUT2D eigenvalue weighted by atomic mass is 16.5. The molecule has 7 heteroatoms. The van der Waals surface area contributed by atoms with Gasteiger partial charge in [0.05, 0.1) is 25.3 Å². The summed E-state index contributed by atoms with van der Waals surface area (Å²) in [4.78, 5) is 27.7. The van der Waals surface area contributed by atoms with Crippen LogP contribution in [0.4, 0.5) is 4.79 Å². The van der Waals surface area contributed by atoms with Gasteiger partial charge in [0.15, 0.2) is 0 Å². The summed E-state index contributed by atoms with van der Waals surface area (Å²) in [7, 11) is 1.60. The number of hydrogen-bond donors (Lipinski definition) is 2. The fourth-order valence-electron chi connectivity index (χ4n) is 4.23. The SMILES string of the molecule is CCOC(=O)C1=C(CN2CC=C(c3ccccc3)CC2)NC(=O)N[C@H]1c1ccc(OC)cc1. The predicted molar refractivity (Wildman–Crippen MR) is 127 cm³/mol. The summed E-state index contributed by atoms with van der Waals surface area (Å²) in [5.41, 5.74) is 4.35. The van der Waals surface area contributed by atoms with Crippen LogP contribution in [-0.4, -0.2) is 50.3 Å². The highest BCUT2D eigenvalue weighted by molar-refractivity contribution is 5.95. The van der Waals surface area contributed by atoms with E-state index in [1.54, 1.807) is 14.0 Å². The van der Waals surface area contributed by atoms with Crippen LogP contribution in [-0.2, 0) is 9.53 Å². The maximum Gasteiger partial charge on any atom is 0.338 e. The minimum Gasteiger partial charge on any atom is -0.497 e. The summed E-state index contributed by atoms with van der Waals surface area (Å²) in [6.45, 7) is 4.05. The maximum absolute atomic E-state index is 13.0. The van der Waals surface area contributed by atoms with Crippen molar-refractivity contribution < 1.29 is 19.1 Å².